The van der Waals surface area contributed by atoms with Gasteiger partial charge in [0, 0.05) is 37.4 Å². The molecule has 2 N–H and O–H groups in total. The largest absolute Gasteiger partial charge is 0.416 e. The van der Waals surface area contributed by atoms with Crippen LogP contribution in [0.25, 0.3) is 0 Å². The number of alkyl halides is 3. The number of halogens is 3. The molecule has 0 aromatic heterocycles. The summed E-state index contributed by atoms with van der Waals surface area (Å²) >= 11 is 0. The number of nitrogens with zero attached hydrogens (tertiary/aromatic N) is 2. The molecule has 3 aromatic rings. The molecule has 5 rings (SSSR count). The molecule has 1 saturated heterocycles. The van der Waals surface area contributed by atoms with Crippen LogP contribution in [0.5, 0.6) is 0 Å². The van der Waals surface area contributed by atoms with Gasteiger partial charge in [-0.25, -0.2) is 8.42 Å². The predicted molar refractivity (Wildman–Crippen MR) is 151 cm³/mol. The lowest BCUT2D eigenvalue weighted by Crippen LogP contribution is -2.49. The lowest BCUT2D eigenvalue weighted by molar-refractivity contribution is -0.137. The summed E-state index contributed by atoms with van der Waals surface area (Å²) in [5.41, 5.74) is 2.55. The van der Waals surface area contributed by atoms with Gasteiger partial charge in [-0.2, -0.15) is 13.2 Å². The van der Waals surface area contributed by atoms with Gasteiger partial charge in [-0.1, -0.05) is 35.9 Å². The van der Waals surface area contributed by atoms with E-state index in [1.165, 1.54) is 6.07 Å². The van der Waals surface area contributed by atoms with Crippen molar-refractivity contribution in [2.45, 2.75) is 24.9 Å². The highest BCUT2D eigenvalue weighted by atomic mass is 32.2. The van der Waals surface area contributed by atoms with Crippen LogP contribution >= 0.6 is 0 Å². The second-order valence-corrected chi connectivity index (χ2v) is 12.4. The van der Waals surface area contributed by atoms with E-state index in [0.29, 0.717) is 54.4 Å². The third-order valence-electron chi connectivity index (χ3n) is 7.17. The van der Waals surface area contributed by atoms with Crippen molar-refractivity contribution < 1.29 is 31.2 Å². The molecule has 3 aromatic carbocycles. The number of piperazine rings is 1. The quantitative estimate of drug-likeness (QED) is 0.447. The van der Waals surface area contributed by atoms with Crippen LogP contribution in [0.4, 0.5) is 30.2 Å². The number of aryl methyl sites for hydroxylation is 1. The van der Waals surface area contributed by atoms with Crippen LogP contribution in [0, 0.1) is 6.92 Å². The number of fused-ring (bicyclic) bond motifs is 1. The van der Waals surface area contributed by atoms with E-state index in [1.807, 2.05) is 17.9 Å². The summed E-state index contributed by atoms with van der Waals surface area (Å²) in [7, 11) is -3.60. The Labute approximate surface area is 236 Å². The van der Waals surface area contributed by atoms with E-state index in [1.54, 1.807) is 47.4 Å². The van der Waals surface area contributed by atoms with Crippen LogP contribution in [-0.4, -0.2) is 63.1 Å². The number of anilines is 3. The zero-order valence-electron chi connectivity index (χ0n) is 22.2. The fraction of sp³-hybridized carbons (Fsp3) is 0.310. The molecule has 2 amide bonds. The first-order valence-corrected chi connectivity index (χ1v) is 14.9. The molecule has 1 atom stereocenters. The van der Waals surface area contributed by atoms with Gasteiger partial charge in [0.05, 0.1) is 28.4 Å². The Kier molecular flexibility index (Phi) is 7.69. The van der Waals surface area contributed by atoms with Crippen molar-refractivity contribution in [2.75, 3.05) is 47.5 Å². The first kappa shape index (κ1) is 28.5. The molecular formula is C29H29F3N4O4S. The third-order valence-corrected chi connectivity index (χ3v) is 8.78. The SMILES string of the molecule is Cc1cccc(CS(=O)(=O)C[C@H]2Nc3ccc(C(=O)N4CCN(c5cccc(C(F)(F)F)c5)CC4)cc3NC2=O)c1. The monoisotopic (exact) mass is 586 g/mol. The third kappa shape index (κ3) is 6.64. The highest BCUT2D eigenvalue weighted by Crippen LogP contribution is 2.32. The lowest BCUT2D eigenvalue weighted by atomic mass is 10.1. The summed E-state index contributed by atoms with van der Waals surface area (Å²) in [6.45, 7) is 3.25. The van der Waals surface area contributed by atoms with E-state index in [-0.39, 0.29) is 17.4 Å². The lowest BCUT2D eigenvalue weighted by Gasteiger charge is -2.36. The number of amides is 2. The van der Waals surface area contributed by atoms with Gasteiger partial charge in [0.15, 0.2) is 9.84 Å². The van der Waals surface area contributed by atoms with Gasteiger partial charge in [0.2, 0.25) is 5.91 Å². The molecule has 0 radical (unpaired) electrons. The molecule has 0 saturated carbocycles. The van der Waals surface area contributed by atoms with Crippen molar-refractivity contribution in [3.8, 4) is 0 Å². The van der Waals surface area contributed by atoms with Crippen molar-refractivity contribution in [1.29, 1.82) is 0 Å². The molecule has 1 fully saturated rings. The molecule has 2 aliphatic rings. The van der Waals surface area contributed by atoms with Gasteiger partial charge in [-0.15, -0.1) is 0 Å². The molecule has 216 valence electrons. The summed E-state index contributed by atoms with van der Waals surface area (Å²) in [6, 6.07) is 16.1. The Bertz CT molecular complexity index is 1580. The van der Waals surface area contributed by atoms with E-state index >= 15 is 0 Å². The summed E-state index contributed by atoms with van der Waals surface area (Å²) < 4.78 is 64.9. The average molecular weight is 587 g/mol. The maximum atomic E-state index is 13.2. The van der Waals surface area contributed by atoms with Crippen LogP contribution in [0.2, 0.25) is 0 Å². The summed E-state index contributed by atoms with van der Waals surface area (Å²) in [6.07, 6.45) is -4.43. The topological polar surface area (TPSA) is 98.8 Å². The number of hydrogen-bond donors (Lipinski definition) is 2. The number of benzene rings is 3. The zero-order chi connectivity index (χ0) is 29.4. The molecule has 0 bridgehead atoms. The summed E-state index contributed by atoms with van der Waals surface area (Å²) in [5, 5.41) is 5.69. The van der Waals surface area contributed by atoms with Crippen molar-refractivity contribution in [1.82, 2.24) is 4.90 Å². The number of sulfone groups is 1. The van der Waals surface area contributed by atoms with Crippen LogP contribution in [0.1, 0.15) is 27.0 Å². The van der Waals surface area contributed by atoms with Gasteiger partial charge in [-0.05, 0) is 48.9 Å². The molecule has 0 aliphatic carbocycles. The second-order valence-electron chi connectivity index (χ2n) is 10.3. The first-order valence-electron chi connectivity index (χ1n) is 13.1. The maximum absolute atomic E-state index is 13.2. The normalized spacial score (nSPS) is 17.5. The number of hydrogen-bond acceptors (Lipinski definition) is 6. The van der Waals surface area contributed by atoms with Crippen molar-refractivity contribution in [2.24, 2.45) is 0 Å². The summed E-state index contributed by atoms with van der Waals surface area (Å²) in [5.74, 6) is -1.34. The van der Waals surface area contributed by atoms with E-state index in [9.17, 15) is 31.2 Å². The van der Waals surface area contributed by atoms with E-state index in [4.69, 9.17) is 0 Å². The number of rotatable bonds is 6. The van der Waals surface area contributed by atoms with Crippen LogP contribution in [-0.2, 0) is 26.6 Å². The Hall–Kier alpha value is -4.06. The van der Waals surface area contributed by atoms with Crippen LogP contribution in [0.3, 0.4) is 0 Å². The molecule has 41 heavy (non-hydrogen) atoms. The van der Waals surface area contributed by atoms with Gasteiger partial charge in [0.1, 0.15) is 6.04 Å². The van der Waals surface area contributed by atoms with Crippen LogP contribution < -0.4 is 15.5 Å². The number of nitrogens with one attached hydrogen (secondary N) is 2. The number of carbonyl (C=O) groups excluding carboxylic acids is 2. The number of carbonyl (C=O) groups is 2. The average Bonchev–Trinajstić information content (AvgIpc) is 2.92. The van der Waals surface area contributed by atoms with E-state index < -0.39 is 33.5 Å². The minimum atomic E-state index is -4.43. The van der Waals surface area contributed by atoms with Crippen molar-refractivity contribution in [3.63, 3.8) is 0 Å². The molecule has 0 spiro atoms. The fourth-order valence-electron chi connectivity index (χ4n) is 5.09. The molecular weight excluding hydrogens is 557 g/mol. The standard InChI is InChI=1S/C29H29F3N4O4S/c1-19-4-2-5-20(14-19)17-41(39,40)18-26-27(37)34-25-15-21(8-9-24(25)33-26)28(38)36-12-10-35(11-13-36)23-7-3-6-22(16-23)29(30,31)32/h2-9,14-16,26,33H,10-13,17-18H2,1H3,(H,34,37)/t26-/m1/s1. The minimum absolute atomic E-state index is 0.179. The van der Waals surface area contributed by atoms with Crippen molar-refractivity contribution in [3.05, 3.63) is 89.0 Å². The Morgan fingerprint density at radius 3 is 2.39 bits per heavy atom. The van der Waals surface area contributed by atoms with E-state index in [2.05, 4.69) is 10.6 Å². The highest BCUT2D eigenvalue weighted by molar-refractivity contribution is 7.90. The minimum Gasteiger partial charge on any atom is -0.371 e. The maximum Gasteiger partial charge on any atom is 0.416 e. The first-order chi connectivity index (χ1) is 19.4. The molecule has 0 unspecified atom stereocenters. The Morgan fingerprint density at radius 2 is 1.68 bits per heavy atom. The Morgan fingerprint density at radius 1 is 0.951 bits per heavy atom. The van der Waals surface area contributed by atoms with Crippen LogP contribution in [0.15, 0.2) is 66.7 Å². The van der Waals surface area contributed by atoms with Crippen molar-refractivity contribution >= 4 is 38.7 Å². The molecule has 2 heterocycles. The van der Waals surface area contributed by atoms with Gasteiger partial charge in [0.25, 0.3) is 5.91 Å². The zero-order valence-corrected chi connectivity index (χ0v) is 23.1. The molecule has 2 aliphatic heterocycles. The highest BCUT2D eigenvalue weighted by Gasteiger charge is 2.33. The van der Waals surface area contributed by atoms with Gasteiger partial charge in [-0.3, -0.25) is 9.59 Å². The second kappa shape index (κ2) is 11.1. The smallest absolute Gasteiger partial charge is 0.371 e. The van der Waals surface area contributed by atoms with Gasteiger partial charge >= 0.3 is 6.18 Å². The summed E-state index contributed by atoms with van der Waals surface area (Å²) in [4.78, 5) is 29.4. The predicted octanol–water partition coefficient (Wildman–Crippen LogP) is 4.32. The Balaban J connectivity index is 1.21. The van der Waals surface area contributed by atoms with E-state index in [0.717, 1.165) is 17.7 Å². The van der Waals surface area contributed by atoms with Gasteiger partial charge < -0.3 is 20.4 Å². The fourth-order valence-corrected chi connectivity index (χ4v) is 6.64. The molecule has 8 nitrogen and oxygen atoms in total. The molecule has 12 heteroatoms.